The van der Waals surface area contributed by atoms with Gasteiger partial charge in [0.1, 0.15) is 5.82 Å². The SMILES string of the molecule is Fc1ccc(N2CCN(CCC3OCCc4cc(Br)ccc43)CC2)cc1. The van der Waals surface area contributed by atoms with Crippen molar-refractivity contribution in [1.82, 2.24) is 4.90 Å². The van der Waals surface area contributed by atoms with Crippen LogP contribution in [0.25, 0.3) is 0 Å². The summed E-state index contributed by atoms with van der Waals surface area (Å²) in [6.45, 7) is 5.92. The fourth-order valence-corrected chi connectivity index (χ4v) is 4.33. The second kappa shape index (κ2) is 8.07. The average molecular weight is 419 g/mol. The Kier molecular flexibility index (Phi) is 5.57. The Morgan fingerprint density at radius 3 is 2.58 bits per heavy atom. The number of halogens is 2. The molecule has 26 heavy (non-hydrogen) atoms. The molecule has 2 heterocycles. The molecule has 2 aromatic carbocycles. The van der Waals surface area contributed by atoms with Crippen molar-refractivity contribution in [3.8, 4) is 0 Å². The zero-order chi connectivity index (χ0) is 17.9. The minimum absolute atomic E-state index is 0.174. The predicted octanol–water partition coefficient (Wildman–Crippen LogP) is 4.41. The Hall–Kier alpha value is -1.43. The highest BCUT2D eigenvalue weighted by Gasteiger charge is 2.23. The molecule has 1 unspecified atom stereocenters. The normalized spacial score (nSPS) is 20.8. The lowest BCUT2D eigenvalue weighted by molar-refractivity contribution is 0.0289. The van der Waals surface area contributed by atoms with Gasteiger partial charge in [-0.3, -0.25) is 4.90 Å². The summed E-state index contributed by atoms with van der Waals surface area (Å²) in [6, 6.07) is 13.4. The minimum atomic E-state index is -0.174. The molecule has 0 N–H and O–H groups in total. The maximum atomic E-state index is 13.1. The molecule has 0 bridgehead atoms. The summed E-state index contributed by atoms with van der Waals surface area (Å²) in [4.78, 5) is 4.84. The van der Waals surface area contributed by atoms with Crippen LogP contribution in [0.3, 0.4) is 0 Å². The zero-order valence-corrected chi connectivity index (χ0v) is 16.4. The van der Waals surface area contributed by atoms with Gasteiger partial charge in [0.15, 0.2) is 0 Å². The summed E-state index contributed by atoms with van der Waals surface area (Å²) in [7, 11) is 0. The van der Waals surface area contributed by atoms with E-state index in [1.165, 1.54) is 23.3 Å². The summed E-state index contributed by atoms with van der Waals surface area (Å²) in [5, 5.41) is 0. The quantitative estimate of drug-likeness (QED) is 0.730. The van der Waals surface area contributed by atoms with Crippen molar-refractivity contribution < 1.29 is 9.13 Å². The van der Waals surface area contributed by atoms with Crippen LogP contribution in [0.1, 0.15) is 23.7 Å². The maximum absolute atomic E-state index is 13.1. The Labute approximate surface area is 162 Å². The van der Waals surface area contributed by atoms with Gasteiger partial charge in [-0.2, -0.15) is 0 Å². The number of piperazine rings is 1. The maximum Gasteiger partial charge on any atom is 0.123 e. The first-order chi connectivity index (χ1) is 12.7. The first-order valence-corrected chi connectivity index (χ1v) is 10.1. The summed E-state index contributed by atoms with van der Waals surface area (Å²) < 4.78 is 20.3. The molecule has 1 atom stereocenters. The third kappa shape index (κ3) is 4.11. The summed E-state index contributed by atoms with van der Waals surface area (Å²) in [5.41, 5.74) is 3.88. The molecule has 0 aromatic heterocycles. The Balaban J connectivity index is 1.30. The van der Waals surface area contributed by atoms with Crippen LogP contribution in [-0.2, 0) is 11.2 Å². The lowest BCUT2D eigenvalue weighted by Crippen LogP contribution is -2.46. The largest absolute Gasteiger partial charge is 0.373 e. The summed E-state index contributed by atoms with van der Waals surface area (Å²) in [5.74, 6) is -0.174. The van der Waals surface area contributed by atoms with Crippen molar-refractivity contribution in [3.63, 3.8) is 0 Å². The fourth-order valence-electron chi connectivity index (χ4n) is 3.93. The Morgan fingerprint density at radius 1 is 1.04 bits per heavy atom. The van der Waals surface area contributed by atoms with Gasteiger partial charge in [0.25, 0.3) is 0 Å². The van der Waals surface area contributed by atoms with Crippen LogP contribution < -0.4 is 4.90 Å². The highest BCUT2D eigenvalue weighted by Crippen LogP contribution is 2.31. The number of nitrogens with zero attached hydrogens (tertiary/aromatic N) is 2. The molecule has 5 heteroatoms. The lowest BCUT2D eigenvalue weighted by atomic mass is 9.95. The first-order valence-electron chi connectivity index (χ1n) is 9.32. The molecule has 0 aliphatic carbocycles. The standard InChI is InChI=1S/C21H24BrFN2O/c22-17-1-6-20-16(15-17)8-14-26-21(20)7-9-24-10-12-25(13-11-24)19-4-2-18(23)3-5-19/h1-6,15,21H,7-14H2. The second-order valence-electron chi connectivity index (χ2n) is 7.05. The van der Waals surface area contributed by atoms with E-state index in [9.17, 15) is 4.39 Å². The van der Waals surface area contributed by atoms with Crippen LogP contribution in [0.2, 0.25) is 0 Å². The molecule has 2 aromatic rings. The van der Waals surface area contributed by atoms with Crippen LogP contribution in [0.15, 0.2) is 46.9 Å². The molecule has 2 aliphatic rings. The third-order valence-corrected chi connectivity index (χ3v) is 5.91. The number of anilines is 1. The van der Waals surface area contributed by atoms with Gasteiger partial charge in [0.05, 0.1) is 12.7 Å². The van der Waals surface area contributed by atoms with Crippen LogP contribution in [0.5, 0.6) is 0 Å². The van der Waals surface area contributed by atoms with Crippen LogP contribution in [0, 0.1) is 5.82 Å². The highest BCUT2D eigenvalue weighted by atomic mass is 79.9. The number of ether oxygens (including phenoxy) is 1. The van der Waals surface area contributed by atoms with E-state index in [4.69, 9.17) is 4.74 Å². The summed E-state index contributed by atoms with van der Waals surface area (Å²) in [6.07, 6.45) is 2.24. The lowest BCUT2D eigenvalue weighted by Gasteiger charge is -2.37. The third-order valence-electron chi connectivity index (χ3n) is 5.41. The van der Waals surface area contributed by atoms with Gasteiger partial charge in [-0.1, -0.05) is 22.0 Å². The van der Waals surface area contributed by atoms with Crippen molar-refractivity contribution in [2.45, 2.75) is 18.9 Å². The van der Waals surface area contributed by atoms with Gasteiger partial charge in [-0.15, -0.1) is 0 Å². The first kappa shape index (κ1) is 18.0. The van der Waals surface area contributed by atoms with E-state index >= 15 is 0 Å². The van der Waals surface area contributed by atoms with E-state index in [1.54, 1.807) is 0 Å². The van der Waals surface area contributed by atoms with E-state index in [2.05, 4.69) is 43.9 Å². The number of hydrogen-bond acceptors (Lipinski definition) is 3. The number of hydrogen-bond donors (Lipinski definition) is 0. The molecule has 0 saturated carbocycles. The monoisotopic (exact) mass is 418 g/mol. The highest BCUT2D eigenvalue weighted by molar-refractivity contribution is 9.10. The Bertz CT molecular complexity index is 744. The molecule has 4 rings (SSSR count). The molecule has 0 amide bonds. The zero-order valence-electron chi connectivity index (χ0n) is 14.8. The fraction of sp³-hybridized carbons (Fsp3) is 0.429. The molecule has 0 spiro atoms. The molecule has 138 valence electrons. The number of fused-ring (bicyclic) bond motifs is 1. The van der Waals surface area contributed by atoms with E-state index in [0.29, 0.717) is 0 Å². The van der Waals surface area contributed by atoms with E-state index in [0.717, 1.165) is 62.3 Å². The molecule has 1 fully saturated rings. The van der Waals surface area contributed by atoms with Gasteiger partial charge in [0, 0.05) is 42.9 Å². The van der Waals surface area contributed by atoms with E-state index in [-0.39, 0.29) is 11.9 Å². The molecule has 0 radical (unpaired) electrons. The minimum Gasteiger partial charge on any atom is -0.373 e. The van der Waals surface area contributed by atoms with Gasteiger partial charge < -0.3 is 9.64 Å². The molecule has 3 nitrogen and oxygen atoms in total. The number of rotatable bonds is 4. The van der Waals surface area contributed by atoms with Crippen LogP contribution in [-0.4, -0.2) is 44.2 Å². The molecule has 1 saturated heterocycles. The van der Waals surface area contributed by atoms with Crippen molar-refractivity contribution in [2.75, 3.05) is 44.2 Å². The van der Waals surface area contributed by atoms with Gasteiger partial charge in [-0.05, 0) is 60.4 Å². The van der Waals surface area contributed by atoms with E-state index < -0.39 is 0 Å². The van der Waals surface area contributed by atoms with Gasteiger partial charge in [0.2, 0.25) is 0 Å². The van der Waals surface area contributed by atoms with E-state index in [1.807, 2.05) is 12.1 Å². The van der Waals surface area contributed by atoms with Crippen molar-refractivity contribution in [1.29, 1.82) is 0 Å². The smallest absolute Gasteiger partial charge is 0.123 e. The van der Waals surface area contributed by atoms with Crippen molar-refractivity contribution in [2.24, 2.45) is 0 Å². The van der Waals surface area contributed by atoms with Gasteiger partial charge in [-0.25, -0.2) is 4.39 Å². The number of benzene rings is 2. The second-order valence-corrected chi connectivity index (χ2v) is 7.96. The average Bonchev–Trinajstić information content (AvgIpc) is 2.67. The van der Waals surface area contributed by atoms with Crippen LogP contribution in [0.4, 0.5) is 10.1 Å². The van der Waals surface area contributed by atoms with Crippen LogP contribution >= 0.6 is 15.9 Å². The summed E-state index contributed by atoms with van der Waals surface area (Å²) >= 11 is 3.57. The molecular weight excluding hydrogens is 395 g/mol. The van der Waals surface area contributed by atoms with Crippen molar-refractivity contribution >= 4 is 21.6 Å². The van der Waals surface area contributed by atoms with Gasteiger partial charge >= 0.3 is 0 Å². The predicted molar refractivity (Wildman–Crippen MR) is 106 cm³/mol. The molecular formula is C21H24BrFN2O. The Morgan fingerprint density at radius 2 is 1.81 bits per heavy atom. The van der Waals surface area contributed by atoms with Crippen molar-refractivity contribution in [3.05, 3.63) is 63.9 Å². The molecule has 2 aliphatic heterocycles. The topological polar surface area (TPSA) is 15.7 Å².